The van der Waals surface area contributed by atoms with Gasteiger partial charge in [-0.3, -0.25) is 4.98 Å². The second kappa shape index (κ2) is 5.47. The summed E-state index contributed by atoms with van der Waals surface area (Å²) in [6, 6.07) is 1.82. The molecule has 2 heterocycles. The van der Waals surface area contributed by atoms with Gasteiger partial charge >= 0.3 is 7.62 Å². The van der Waals surface area contributed by atoms with Crippen LogP contribution in [0.2, 0.25) is 0 Å². The minimum Gasteiger partial charge on any atom is -0.427 e. The van der Waals surface area contributed by atoms with Crippen molar-refractivity contribution in [1.29, 1.82) is 0 Å². The van der Waals surface area contributed by atoms with Crippen LogP contribution in [0.1, 0.15) is 5.56 Å². The molecule has 0 spiro atoms. The van der Waals surface area contributed by atoms with Gasteiger partial charge in [0.1, 0.15) is 0 Å². The quantitative estimate of drug-likeness (QED) is 0.563. The number of anilines is 1. The Bertz CT molecular complexity index is 487. The van der Waals surface area contributed by atoms with Gasteiger partial charge in [0.05, 0.1) is 23.8 Å². The summed E-state index contributed by atoms with van der Waals surface area (Å²) in [5, 5.41) is 7.23. The second-order valence-corrected chi connectivity index (χ2v) is 3.46. The molecule has 87 valence electrons. The molecule has 2 aromatic rings. The minimum atomic E-state index is 0.596. The summed E-state index contributed by atoms with van der Waals surface area (Å²) in [6.45, 7) is 0.652. The molecule has 0 unspecified atom stereocenters. The molecule has 0 aliphatic carbocycles. The summed E-state index contributed by atoms with van der Waals surface area (Å²) in [4.78, 5) is 3.94. The maximum absolute atomic E-state index is 5.82. The number of nitrogen functional groups attached to an aromatic ring is 1. The summed E-state index contributed by atoms with van der Waals surface area (Å²) in [6.07, 6.45) is 6.97. The molecule has 7 heteroatoms. The van der Waals surface area contributed by atoms with Crippen molar-refractivity contribution in [2.45, 2.75) is 6.54 Å². The van der Waals surface area contributed by atoms with Crippen LogP contribution in [0.3, 0.4) is 0 Å². The van der Waals surface area contributed by atoms with Crippen molar-refractivity contribution in [3.8, 4) is 5.69 Å². The minimum absolute atomic E-state index is 0.596. The molecule has 0 saturated carbocycles. The van der Waals surface area contributed by atoms with E-state index >= 15 is 0 Å². The molecule has 0 bridgehead atoms. The highest BCUT2D eigenvalue weighted by molar-refractivity contribution is 6.23. The Hall–Kier alpha value is -1.86. The Morgan fingerprint density at radius 3 is 3.18 bits per heavy atom. The fourth-order valence-electron chi connectivity index (χ4n) is 1.43. The largest absolute Gasteiger partial charge is 0.427 e. The molecule has 3 N–H and O–H groups in total. The standard InChI is InChI=1S/C10H13BN5O/c1-17-11-14-4-8-5-15-16(7-8)10-2-3-13-6-9(10)12/h2-3,5-7,14H,4,12H2,1H3. The maximum atomic E-state index is 5.82. The van der Waals surface area contributed by atoms with Crippen molar-refractivity contribution in [1.82, 2.24) is 20.0 Å². The van der Waals surface area contributed by atoms with E-state index in [1.165, 1.54) is 7.62 Å². The fraction of sp³-hybridized carbons (Fsp3) is 0.200. The van der Waals surface area contributed by atoms with Gasteiger partial charge in [0, 0.05) is 31.6 Å². The average Bonchev–Trinajstić information content (AvgIpc) is 2.79. The summed E-state index contributed by atoms with van der Waals surface area (Å²) < 4.78 is 6.51. The van der Waals surface area contributed by atoms with Crippen LogP contribution in [-0.2, 0) is 11.2 Å². The molecule has 0 aliphatic rings. The maximum Gasteiger partial charge on any atom is 0.395 e. The first-order valence-electron chi connectivity index (χ1n) is 5.12. The van der Waals surface area contributed by atoms with Crippen LogP contribution in [0, 0.1) is 0 Å². The van der Waals surface area contributed by atoms with Crippen LogP contribution in [0.25, 0.3) is 5.69 Å². The highest BCUT2D eigenvalue weighted by Crippen LogP contribution is 2.14. The third-order valence-electron chi connectivity index (χ3n) is 2.22. The van der Waals surface area contributed by atoms with Gasteiger partial charge in [-0.05, 0) is 6.07 Å². The Morgan fingerprint density at radius 1 is 1.53 bits per heavy atom. The Kier molecular flexibility index (Phi) is 3.74. The summed E-state index contributed by atoms with van der Waals surface area (Å²) in [5.74, 6) is 0. The van der Waals surface area contributed by atoms with Gasteiger partial charge in [-0.25, -0.2) is 4.68 Å². The van der Waals surface area contributed by atoms with Crippen LogP contribution >= 0.6 is 0 Å². The van der Waals surface area contributed by atoms with Crippen LogP contribution < -0.4 is 11.0 Å². The van der Waals surface area contributed by atoms with Crippen molar-refractivity contribution in [3.05, 3.63) is 36.4 Å². The molecule has 0 atom stereocenters. The van der Waals surface area contributed by atoms with E-state index in [0.29, 0.717) is 12.2 Å². The van der Waals surface area contributed by atoms with Gasteiger partial charge in [0.15, 0.2) is 0 Å². The average molecular weight is 230 g/mol. The Balaban J connectivity index is 2.10. The van der Waals surface area contributed by atoms with E-state index in [0.717, 1.165) is 11.3 Å². The van der Waals surface area contributed by atoms with Gasteiger partial charge in [0.25, 0.3) is 0 Å². The van der Waals surface area contributed by atoms with Gasteiger partial charge in [-0.15, -0.1) is 0 Å². The normalized spacial score (nSPS) is 10.4. The van der Waals surface area contributed by atoms with Crippen molar-refractivity contribution in [2.75, 3.05) is 12.8 Å². The first-order valence-corrected chi connectivity index (χ1v) is 5.12. The number of hydrogen-bond acceptors (Lipinski definition) is 5. The lowest BCUT2D eigenvalue weighted by atomic mass is 10.2. The van der Waals surface area contributed by atoms with E-state index < -0.39 is 0 Å². The molecule has 0 saturated heterocycles. The number of nitrogens with two attached hydrogens (primary N) is 1. The van der Waals surface area contributed by atoms with E-state index in [1.54, 1.807) is 30.4 Å². The lowest BCUT2D eigenvalue weighted by Gasteiger charge is -2.03. The molecular weight excluding hydrogens is 217 g/mol. The van der Waals surface area contributed by atoms with Crippen molar-refractivity contribution in [3.63, 3.8) is 0 Å². The predicted molar refractivity (Wildman–Crippen MR) is 65.4 cm³/mol. The third-order valence-corrected chi connectivity index (χ3v) is 2.22. The molecule has 1 radical (unpaired) electrons. The molecule has 0 fully saturated rings. The summed E-state index contributed by atoms with van der Waals surface area (Å²) >= 11 is 0. The first kappa shape index (κ1) is 11.6. The lowest BCUT2D eigenvalue weighted by Crippen LogP contribution is -2.19. The fourth-order valence-corrected chi connectivity index (χ4v) is 1.43. The first-order chi connectivity index (χ1) is 8.31. The predicted octanol–water partition coefficient (Wildman–Crippen LogP) is 0.120. The van der Waals surface area contributed by atoms with Crippen LogP contribution in [0.4, 0.5) is 5.69 Å². The van der Waals surface area contributed by atoms with E-state index in [-0.39, 0.29) is 0 Å². The van der Waals surface area contributed by atoms with Crippen LogP contribution in [0.5, 0.6) is 0 Å². The SMILES string of the molecule is CO[B]NCc1cnn(-c2ccncc2N)c1. The van der Waals surface area contributed by atoms with E-state index in [4.69, 9.17) is 10.4 Å². The van der Waals surface area contributed by atoms with Crippen molar-refractivity contribution >= 4 is 13.3 Å². The zero-order valence-electron chi connectivity index (χ0n) is 9.50. The van der Waals surface area contributed by atoms with Crippen LogP contribution in [0.15, 0.2) is 30.9 Å². The van der Waals surface area contributed by atoms with E-state index in [1.807, 2.05) is 12.3 Å². The topological polar surface area (TPSA) is 78.0 Å². The van der Waals surface area contributed by atoms with Gasteiger partial charge in [0.2, 0.25) is 0 Å². The smallest absolute Gasteiger partial charge is 0.395 e. The number of rotatable bonds is 5. The number of hydrogen-bond donors (Lipinski definition) is 2. The summed E-state index contributed by atoms with van der Waals surface area (Å²) in [5.41, 5.74) is 8.27. The Labute approximate surface area is 100 Å². The molecule has 2 rings (SSSR count). The molecule has 0 amide bonds. The van der Waals surface area contributed by atoms with Crippen molar-refractivity contribution in [2.24, 2.45) is 0 Å². The zero-order valence-corrected chi connectivity index (χ0v) is 9.50. The molecule has 2 aromatic heterocycles. The zero-order chi connectivity index (χ0) is 12.1. The second-order valence-electron chi connectivity index (χ2n) is 3.46. The number of aromatic nitrogens is 3. The molecule has 6 nitrogen and oxygen atoms in total. The van der Waals surface area contributed by atoms with Gasteiger partial charge < -0.3 is 15.6 Å². The third kappa shape index (κ3) is 2.83. The highest BCUT2D eigenvalue weighted by Gasteiger charge is 2.04. The Morgan fingerprint density at radius 2 is 2.41 bits per heavy atom. The number of pyridine rings is 1. The molecule has 0 aliphatic heterocycles. The van der Waals surface area contributed by atoms with Crippen LogP contribution in [-0.4, -0.2) is 29.5 Å². The van der Waals surface area contributed by atoms with E-state index in [2.05, 4.69) is 15.3 Å². The van der Waals surface area contributed by atoms with Gasteiger partial charge in [-0.1, -0.05) is 0 Å². The number of nitrogens with one attached hydrogen (secondary N) is 1. The lowest BCUT2D eigenvalue weighted by molar-refractivity contribution is 0.430. The monoisotopic (exact) mass is 230 g/mol. The summed E-state index contributed by atoms with van der Waals surface area (Å²) in [7, 11) is 3.12. The molecular formula is C10H13BN5O. The van der Waals surface area contributed by atoms with Crippen molar-refractivity contribution < 1.29 is 4.65 Å². The molecule has 17 heavy (non-hydrogen) atoms. The number of nitrogens with zero attached hydrogens (tertiary/aromatic N) is 3. The van der Waals surface area contributed by atoms with E-state index in [9.17, 15) is 0 Å². The highest BCUT2D eigenvalue weighted by atomic mass is 16.4. The molecule has 0 aromatic carbocycles. The van der Waals surface area contributed by atoms with Gasteiger partial charge in [-0.2, -0.15) is 5.10 Å².